The van der Waals surface area contributed by atoms with Crippen molar-refractivity contribution < 1.29 is 27.5 Å². The van der Waals surface area contributed by atoms with Gasteiger partial charge >= 0.3 is 5.97 Å². The van der Waals surface area contributed by atoms with Gasteiger partial charge in [0.15, 0.2) is 6.61 Å². The van der Waals surface area contributed by atoms with Crippen LogP contribution < -0.4 is 0 Å². The van der Waals surface area contributed by atoms with Crippen LogP contribution in [0.5, 0.6) is 0 Å². The highest BCUT2D eigenvalue weighted by Gasteiger charge is 2.30. The second-order valence-corrected chi connectivity index (χ2v) is 9.80. The van der Waals surface area contributed by atoms with E-state index in [0.29, 0.717) is 6.61 Å². The molecule has 0 unspecified atom stereocenters. The number of amides is 1. The molecule has 0 atom stereocenters. The van der Waals surface area contributed by atoms with Gasteiger partial charge in [0.05, 0.1) is 4.90 Å². The van der Waals surface area contributed by atoms with Crippen molar-refractivity contribution in [1.82, 2.24) is 9.21 Å². The number of hydrogen-bond donors (Lipinski definition) is 0. The molecule has 0 aliphatic carbocycles. The van der Waals surface area contributed by atoms with Crippen LogP contribution in [0.25, 0.3) is 0 Å². The van der Waals surface area contributed by atoms with Gasteiger partial charge in [-0.1, -0.05) is 32.9 Å². The summed E-state index contributed by atoms with van der Waals surface area (Å²) in [6, 6.07) is 6.93. The average Bonchev–Trinajstić information content (AvgIpc) is 2.70. The highest BCUT2D eigenvalue weighted by Crippen LogP contribution is 2.25. The van der Waals surface area contributed by atoms with Crippen molar-refractivity contribution in [2.45, 2.75) is 38.0 Å². The molecule has 0 aromatic heterocycles. The molecule has 1 aliphatic rings. The monoisotopic (exact) mass is 426 g/mol. The van der Waals surface area contributed by atoms with Crippen LogP contribution in [0, 0.1) is 0 Å². The van der Waals surface area contributed by atoms with Gasteiger partial charge in [-0.05, 0) is 30.0 Å². The van der Waals surface area contributed by atoms with Crippen molar-refractivity contribution in [3.05, 3.63) is 29.8 Å². The minimum absolute atomic E-state index is 0.0552. The zero-order valence-electron chi connectivity index (χ0n) is 17.5. The average molecular weight is 427 g/mol. The Bertz CT molecular complexity index is 806. The van der Waals surface area contributed by atoms with Gasteiger partial charge in [0.1, 0.15) is 6.61 Å². The van der Waals surface area contributed by atoms with E-state index in [2.05, 4.69) is 20.8 Å². The number of nitrogens with zero attached hydrogens (tertiary/aromatic N) is 2. The van der Waals surface area contributed by atoms with Gasteiger partial charge in [0.2, 0.25) is 10.0 Å². The quantitative estimate of drug-likeness (QED) is 0.612. The van der Waals surface area contributed by atoms with Gasteiger partial charge in [-0.15, -0.1) is 0 Å². The SMILES string of the molecule is CCOCC(=O)OCC(=O)N1CCN(S(=O)(=O)c2ccc(C(C)(C)C)cc2)CC1. The second kappa shape index (κ2) is 9.69. The Balaban J connectivity index is 1.90. The Morgan fingerprint density at radius 3 is 2.10 bits per heavy atom. The van der Waals surface area contributed by atoms with E-state index in [9.17, 15) is 18.0 Å². The summed E-state index contributed by atoms with van der Waals surface area (Å²) in [4.78, 5) is 25.3. The molecular formula is C20H30N2O6S. The van der Waals surface area contributed by atoms with E-state index in [1.54, 1.807) is 19.1 Å². The molecule has 1 aromatic rings. The van der Waals surface area contributed by atoms with Crippen LogP contribution in [0.1, 0.15) is 33.3 Å². The molecule has 1 amide bonds. The molecule has 2 rings (SSSR count). The lowest BCUT2D eigenvalue weighted by Gasteiger charge is -2.34. The van der Waals surface area contributed by atoms with Gasteiger partial charge in [-0.3, -0.25) is 4.79 Å². The lowest BCUT2D eigenvalue weighted by atomic mass is 9.87. The Hall–Kier alpha value is -1.97. The molecule has 29 heavy (non-hydrogen) atoms. The molecule has 0 N–H and O–H groups in total. The van der Waals surface area contributed by atoms with Crippen molar-refractivity contribution >= 4 is 21.9 Å². The number of sulfonamides is 1. The van der Waals surface area contributed by atoms with E-state index >= 15 is 0 Å². The first-order chi connectivity index (χ1) is 13.6. The summed E-state index contributed by atoms with van der Waals surface area (Å²) >= 11 is 0. The van der Waals surface area contributed by atoms with Crippen LogP contribution in [0.2, 0.25) is 0 Å². The van der Waals surface area contributed by atoms with Crippen LogP contribution in [-0.4, -0.2) is 75.5 Å². The number of hydrogen-bond acceptors (Lipinski definition) is 6. The molecule has 1 heterocycles. The molecule has 9 heteroatoms. The number of piperazine rings is 1. The first-order valence-electron chi connectivity index (χ1n) is 9.67. The molecule has 0 saturated carbocycles. The Labute approximate surface area is 172 Å². The fourth-order valence-corrected chi connectivity index (χ4v) is 4.34. The largest absolute Gasteiger partial charge is 0.454 e. The first-order valence-corrected chi connectivity index (χ1v) is 11.1. The van der Waals surface area contributed by atoms with E-state index in [-0.39, 0.29) is 55.6 Å². The fourth-order valence-electron chi connectivity index (χ4n) is 2.91. The minimum atomic E-state index is -3.62. The van der Waals surface area contributed by atoms with Gasteiger partial charge in [-0.2, -0.15) is 4.31 Å². The fraction of sp³-hybridized carbons (Fsp3) is 0.600. The van der Waals surface area contributed by atoms with Crippen molar-refractivity contribution in [3.63, 3.8) is 0 Å². The summed E-state index contributed by atoms with van der Waals surface area (Å²) in [5, 5.41) is 0. The Morgan fingerprint density at radius 1 is 1.00 bits per heavy atom. The second-order valence-electron chi connectivity index (χ2n) is 7.86. The highest BCUT2D eigenvalue weighted by molar-refractivity contribution is 7.89. The molecule has 1 aliphatic heterocycles. The Morgan fingerprint density at radius 2 is 1.59 bits per heavy atom. The standard InChI is InChI=1S/C20H30N2O6S/c1-5-27-15-19(24)28-14-18(23)21-10-12-22(13-11-21)29(25,26)17-8-6-16(7-9-17)20(2,3)4/h6-9H,5,10-15H2,1-4H3. The summed E-state index contributed by atoms with van der Waals surface area (Å²) in [6.45, 7) is 8.69. The third-order valence-corrected chi connectivity index (χ3v) is 6.64. The summed E-state index contributed by atoms with van der Waals surface area (Å²) in [6.07, 6.45) is 0. The number of benzene rings is 1. The van der Waals surface area contributed by atoms with Crippen LogP contribution in [-0.2, 0) is 34.5 Å². The van der Waals surface area contributed by atoms with Gasteiger partial charge in [-0.25, -0.2) is 13.2 Å². The number of carbonyl (C=O) groups excluding carboxylic acids is 2. The minimum Gasteiger partial charge on any atom is -0.454 e. The van der Waals surface area contributed by atoms with Gasteiger partial charge in [0.25, 0.3) is 5.91 Å². The van der Waals surface area contributed by atoms with E-state index < -0.39 is 16.0 Å². The number of rotatable bonds is 7. The smallest absolute Gasteiger partial charge is 0.332 e. The van der Waals surface area contributed by atoms with Crippen molar-refractivity contribution in [2.75, 3.05) is 46.0 Å². The zero-order valence-corrected chi connectivity index (χ0v) is 18.3. The molecular weight excluding hydrogens is 396 g/mol. The maximum atomic E-state index is 12.9. The van der Waals surface area contributed by atoms with Crippen LogP contribution in [0.3, 0.4) is 0 Å². The van der Waals surface area contributed by atoms with Crippen LogP contribution >= 0.6 is 0 Å². The summed E-state index contributed by atoms with van der Waals surface area (Å²) in [5.74, 6) is -0.943. The van der Waals surface area contributed by atoms with Crippen LogP contribution in [0.4, 0.5) is 0 Å². The topological polar surface area (TPSA) is 93.2 Å². The lowest BCUT2D eigenvalue weighted by molar-refractivity contribution is -0.156. The summed E-state index contributed by atoms with van der Waals surface area (Å²) < 4.78 is 36.9. The molecule has 1 saturated heterocycles. The van der Waals surface area contributed by atoms with E-state index in [4.69, 9.17) is 9.47 Å². The van der Waals surface area contributed by atoms with Crippen molar-refractivity contribution in [3.8, 4) is 0 Å². The summed E-state index contributed by atoms with van der Waals surface area (Å²) in [5.41, 5.74) is 1.01. The van der Waals surface area contributed by atoms with E-state index in [0.717, 1.165) is 5.56 Å². The molecule has 1 fully saturated rings. The predicted molar refractivity (Wildman–Crippen MR) is 108 cm³/mol. The molecule has 1 aromatic carbocycles. The molecule has 162 valence electrons. The van der Waals surface area contributed by atoms with E-state index in [1.165, 1.54) is 9.21 Å². The first kappa shape index (κ1) is 23.3. The highest BCUT2D eigenvalue weighted by atomic mass is 32.2. The number of carbonyl (C=O) groups is 2. The third-order valence-electron chi connectivity index (χ3n) is 4.73. The number of esters is 1. The third kappa shape index (κ3) is 6.25. The molecule has 0 radical (unpaired) electrons. The van der Waals surface area contributed by atoms with Gasteiger partial charge < -0.3 is 14.4 Å². The predicted octanol–water partition coefficient (Wildman–Crippen LogP) is 1.40. The van der Waals surface area contributed by atoms with Gasteiger partial charge in [0, 0.05) is 32.8 Å². The number of ether oxygens (including phenoxy) is 2. The van der Waals surface area contributed by atoms with E-state index in [1.807, 2.05) is 12.1 Å². The normalized spacial score (nSPS) is 15.9. The van der Waals surface area contributed by atoms with Crippen LogP contribution in [0.15, 0.2) is 29.2 Å². The molecule has 8 nitrogen and oxygen atoms in total. The zero-order chi connectivity index (χ0) is 21.7. The molecule has 0 spiro atoms. The maximum Gasteiger partial charge on any atom is 0.332 e. The Kier molecular flexibility index (Phi) is 7.79. The maximum absolute atomic E-state index is 12.9. The summed E-state index contributed by atoms with van der Waals surface area (Å²) in [7, 11) is -3.62. The van der Waals surface area contributed by atoms with Crippen molar-refractivity contribution in [1.29, 1.82) is 0 Å². The molecule has 0 bridgehead atoms. The lowest BCUT2D eigenvalue weighted by Crippen LogP contribution is -2.51. The van der Waals surface area contributed by atoms with Crippen molar-refractivity contribution in [2.24, 2.45) is 0 Å².